The largest absolute Gasteiger partial charge is 0.370 e. The fourth-order valence-corrected chi connectivity index (χ4v) is 1.96. The van der Waals surface area contributed by atoms with Crippen molar-refractivity contribution < 1.29 is 9.53 Å². The monoisotopic (exact) mass is 212 g/mol. The molecule has 0 aromatic carbocycles. The Kier molecular flexibility index (Phi) is 5.92. The average Bonchev–Trinajstić information content (AvgIpc) is 2.25. The van der Waals surface area contributed by atoms with Crippen LogP contribution in [0.15, 0.2) is 0 Å². The molecule has 88 valence electrons. The molecule has 0 aromatic rings. The number of rotatable bonds is 6. The zero-order chi connectivity index (χ0) is 11.1. The minimum absolute atomic E-state index is 0.272. The molecule has 0 saturated heterocycles. The second-order valence-corrected chi connectivity index (χ2v) is 5.04. The fraction of sp³-hybridized carbons (Fsp3) is 0.923. The van der Waals surface area contributed by atoms with Gasteiger partial charge >= 0.3 is 0 Å². The zero-order valence-electron chi connectivity index (χ0n) is 10.1. The van der Waals surface area contributed by atoms with E-state index in [1.54, 1.807) is 0 Å². The normalized spacial score (nSPS) is 18.3. The summed E-state index contributed by atoms with van der Waals surface area (Å²) in [5.41, 5.74) is 0. The van der Waals surface area contributed by atoms with Gasteiger partial charge in [0.1, 0.15) is 6.61 Å². The second-order valence-electron chi connectivity index (χ2n) is 5.04. The van der Waals surface area contributed by atoms with Gasteiger partial charge in [-0.2, -0.15) is 0 Å². The van der Waals surface area contributed by atoms with E-state index in [1.165, 1.54) is 19.3 Å². The van der Waals surface area contributed by atoms with Gasteiger partial charge in [0.15, 0.2) is 5.78 Å². The molecule has 1 aliphatic carbocycles. The molecule has 15 heavy (non-hydrogen) atoms. The van der Waals surface area contributed by atoms with Crippen molar-refractivity contribution in [3.8, 4) is 0 Å². The van der Waals surface area contributed by atoms with E-state index in [-0.39, 0.29) is 5.78 Å². The van der Waals surface area contributed by atoms with Crippen LogP contribution < -0.4 is 0 Å². The third-order valence-corrected chi connectivity index (χ3v) is 3.03. The molecule has 0 bridgehead atoms. The predicted molar refractivity (Wildman–Crippen MR) is 61.9 cm³/mol. The smallest absolute Gasteiger partial charge is 0.158 e. The molecule has 0 aliphatic heterocycles. The highest BCUT2D eigenvalue weighted by Crippen LogP contribution is 2.20. The molecule has 0 amide bonds. The molecular weight excluding hydrogens is 188 g/mol. The van der Waals surface area contributed by atoms with Gasteiger partial charge in [-0.05, 0) is 25.2 Å². The van der Waals surface area contributed by atoms with Crippen LogP contribution in [0.5, 0.6) is 0 Å². The molecule has 0 heterocycles. The summed E-state index contributed by atoms with van der Waals surface area (Å²) in [5, 5.41) is 0. The number of carbonyl (C=O) groups is 1. The van der Waals surface area contributed by atoms with Gasteiger partial charge in [0.05, 0.1) is 6.10 Å². The van der Waals surface area contributed by atoms with Crippen molar-refractivity contribution in [2.75, 3.05) is 6.61 Å². The molecule has 1 fully saturated rings. The molecular formula is C13H24O2. The highest BCUT2D eigenvalue weighted by atomic mass is 16.5. The van der Waals surface area contributed by atoms with Crippen molar-refractivity contribution >= 4 is 5.78 Å². The first kappa shape index (κ1) is 12.7. The van der Waals surface area contributed by atoms with Gasteiger partial charge in [-0.3, -0.25) is 4.79 Å². The fourth-order valence-electron chi connectivity index (χ4n) is 1.96. The van der Waals surface area contributed by atoms with E-state index >= 15 is 0 Å². The molecule has 1 saturated carbocycles. The van der Waals surface area contributed by atoms with Gasteiger partial charge in [-0.25, -0.2) is 0 Å². The van der Waals surface area contributed by atoms with E-state index in [9.17, 15) is 4.79 Å². The highest BCUT2D eigenvalue weighted by molar-refractivity contribution is 5.79. The van der Waals surface area contributed by atoms with Gasteiger partial charge < -0.3 is 4.74 Å². The van der Waals surface area contributed by atoms with Crippen LogP contribution in [0.2, 0.25) is 0 Å². The summed E-state index contributed by atoms with van der Waals surface area (Å²) in [6, 6.07) is 0. The van der Waals surface area contributed by atoms with Crippen molar-refractivity contribution in [2.24, 2.45) is 5.92 Å². The Morgan fingerprint density at radius 1 is 1.27 bits per heavy atom. The molecule has 2 heteroatoms. The van der Waals surface area contributed by atoms with Gasteiger partial charge in [0.2, 0.25) is 0 Å². The Labute approximate surface area is 93.4 Å². The molecule has 0 spiro atoms. The van der Waals surface area contributed by atoms with Gasteiger partial charge in [0, 0.05) is 6.42 Å². The lowest BCUT2D eigenvalue weighted by Crippen LogP contribution is -2.21. The van der Waals surface area contributed by atoms with E-state index in [0.29, 0.717) is 25.0 Å². The second kappa shape index (κ2) is 7.00. The molecule has 0 N–H and O–H groups in total. The Bertz CT molecular complexity index is 181. The third kappa shape index (κ3) is 5.93. The number of ether oxygens (including phenoxy) is 1. The maximum absolute atomic E-state index is 11.5. The lowest BCUT2D eigenvalue weighted by atomic mass is 9.98. The summed E-state index contributed by atoms with van der Waals surface area (Å²) in [6.45, 7) is 4.64. The lowest BCUT2D eigenvalue weighted by Gasteiger charge is -2.21. The van der Waals surface area contributed by atoms with Crippen LogP contribution in [0.25, 0.3) is 0 Å². The summed E-state index contributed by atoms with van der Waals surface area (Å²) in [5.74, 6) is 0.887. The number of ketones is 1. The Morgan fingerprint density at radius 3 is 2.53 bits per heavy atom. The first-order chi connectivity index (χ1) is 7.18. The van der Waals surface area contributed by atoms with Crippen molar-refractivity contribution in [1.82, 2.24) is 0 Å². The number of hydrogen-bond acceptors (Lipinski definition) is 2. The van der Waals surface area contributed by atoms with Crippen LogP contribution in [0, 0.1) is 5.92 Å². The Balaban J connectivity index is 2.05. The maximum Gasteiger partial charge on any atom is 0.158 e. The minimum atomic E-state index is 0.272. The molecule has 0 aromatic heterocycles. The number of Topliss-reactive ketones (excluding diaryl/α,β-unsaturated/α-hetero) is 1. The first-order valence-electron chi connectivity index (χ1n) is 6.32. The van der Waals surface area contributed by atoms with Crippen LogP contribution in [-0.2, 0) is 9.53 Å². The van der Waals surface area contributed by atoms with Crippen molar-refractivity contribution in [1.29, 1.82) is 0 Å². The van der Waals surface area contributed by atoms with Crippen LogP contribution in [-0.4, -0.2) is 18.5 Å². The third-order valence-electron chi connectivity index (χ3n) is 3.03. The summed E-state index contributed by atoms with van der Waals surface area (Å²) in [6.07, 6.45) is 8.21. The standard InChI is InChI=1S/C13H24O2/c1-11(2)8-9-12(14)10-15-13-6-4-3-5-7-13/h11,13H,3-10H2,1-2H3. The Hall–Kier alpha value is -0.370. The van der Waals surface area contributed by atoms with Gasteiger partial charge in [-0.1, -0.05) is 33.1 Å². The molecule has 0 unspecified atom stereocenters. The molecule has 1 aliphatic rings. The SMILES string of the molecule is CC(C)CCC(=O)COC1CCCCC1. The topological polar surface area (TPSA) is 26.3 Å². The van der Waals surface area contributed by atoms with Crippen LogP contribution in [0.3, 0.4) is 0 Å². The van der Waals surface area contributed by atoms with E-state index in [4.69, 9.17) is 4.74 Å². The van der Waals surface area contributed by atoms with Gasteiger partial charge in [0.25, 0.3) is 0 Å². The van der Waals surface area contributed by atoms with Crippen LogP contribution in [0.4, 0.5) is 0 Å². The van der Waals surface area contributed by atoms with E-state index in [2.05, 4.69) is 13.8 Å². The number of carbonyl (C=O) groups excluding carboxylic acids is 1. The first-order valence-corrected chi connectivity index (χ1v) is 6.32. The van der Waals surface area contributed by atoms with Crippen LogP contribution in [0.1, 0.15) is 58.8 Å². The summed E-state index contributed by atoms with van der Waals surface area (Å²) >= 11 is 0. The van der Waals surface area contributed by atoms with Crippen molar-refractivity contribution in [3.63, 3.8) is 0 Å². The van der Waals surface area contributed by atoms with Crippen LogP contribution >= 0.6 is 0 Å². The summed E-state index contributed by atoms with van der Waals surface area (Å²) in [7, 11) is 0. The molecule has 0 radical (unpaired) electrons. The van der Waals surface area contributed by atoms with Gasteiger partial charge in [-0.15, -0.1) is 0 Å². The Morgan fingerprint density at radius 2 is 1.93 bits per heavy atom. The quantitative estimate of drug-likeness (QED) is 0.675. The molecule has 0 atom stereocenters. The molecule has 2 nitrogen and oxygen atoms in total. The zero-order valence-corrected chi connectivity index (χ0v) is 10.1. The predicted octanol–water partition coefficient (Wildman–Crippen LogP) is 3.34. The highest BCUT2D eigenvalue weighted by Gasteiger charge is 2.15. The minimum Gasteiger partial charge on any atom is -0.370 e. The van der Waals surface area contributed by atoms with E-state index in [1.807, 2.05) is 0 Å². The van der Waals surface area contributed by atoms with E-state index < -0.39 is 0 Å². The lowest BCUT2D eigenvalue weighted by molar-refractivity contribution is -0.126. The summed E-state index contributed by atoms with van der Waals surface area (Å²) in [4.78, 5) is 11.5. The summed E-state index contributed by atoms with van der Waals surface area (Å²) < 4.78 is 5.63. The maximum atomic E-state index is 11.5. The number of hydrogen-bond donors (Lipinski definition) is 0. The van der Waals surface area contributed by atoms with Crippen molar-refractivity contribution in [3.05, 3.63) is 0 Å². The van der Waals surface area contributed by atoms with E-state index in [0.717, 1.165) is 19.3 Å². The molecule has 1 rings (SSSR count). The average molecular weight is 212 g/mol. The van der Waals surface area contributed by atoms with Crippen molar-refractivity contribution in [2.45, 2.75) is 64.9 Å².